The van der Waals surface area contributed by atoms with Gasteiger partial charge in [0.1, 0.15) is 10.8 Å². The zero-order valence-corrected chi connectivity index (χ0v) is 17.9. The summed E-state index contributed by atoms with van der Waals surface area (Å²) >= 11 is 6.20. The maximum Gasteiger partial charge on any atom is 0.414 e. The number of aromatic amines is 1. The molecule has 1 aromatic carbocycles. The van der Waals surface area contributed by atoms with Crippen LogP contribution in [0.1, 0.15) is 18.5 Å². The van der Waals surface area contributed by atoms with E-state index in [2.05, 4.69) is 15.3 Å². The highest BCUT2D eigenvalue weighted by atomic mass is 35.5. The van der Waals surface area contributed by atoms with Crippen LogP contribution in [0.3, 0.4) is 0 Å². The monoisotopic (exact) mass is 446 g/mol. The maximum absolute atomic E-state index is 12.9. The molecular weight excluding hydrogens is 428 g/mol. The van der Waals surface area contributed by atoms with Gasteiger partial charge in [0.2, 0.25) is 5.88 Å². The van der Waals surface area contributed by atoms with Gasteiger partial charge in [-0.3, -0.25) is 4.79 Å². The molecule has 7 nitrogen and oxygen atoms in total. The Balaban J connectivity index is 1.67. The van der Waals surface area contributed by atoms with Crippen molar-refractivity contribution in [2.24, 2.45) is 0 Å². The molecule has 1 amide bonds. The van der Waals surface area contributed by atoms with E-state index in [1.165, 1.54) is 6.07 Å². The number of carbonyl (C=O) groups is 1. The second-order valence-electron chi connectivity index (χ2n) is 7.77. The molecule has 0 aliphatic heterocycles. The zero-order valence-electron chi connectivity index (χ0n) is 17.2. The third-order valence-electron chi connectivity index (χ3n) is 5.17. The lowest BCUT2D eigenvalue weighted by Crippen LogP contribution is -2.29. The number of pyridine rings is 3. The van der Waals surface area contributed by atoms with Gasteiger partial charge in [0, 0.05) is 28.9 Å². The molecule has 5 rings (SSSR count). The van der Waals surface area contributed by atoms with Crippen LogP contribution in [0.15, 0.2) is 59.4 Å². The predicted molar refractivity (Wildman–Crippen MR) is 123 cm³/mol. The number of amides is 1. The van der Waals surface area contributed by atoms with Gasteiger partial charge in [0.25, 0.3) is 0 Å². The van der Waals surface area contributed by atoms with Gasteiger partial charge in [-0.25, -0.2) is 14.8 Å². The molecule has 0 saturated heterocycles. The number of fused-ring (bicyclic) bond motifs is 1. The van der Waals surface area contributed by atoms with Crippen LogP contribution in [0, 0.1) is 6.92 Å². The van der Waals surface area contributed by atoms with Crippen LogP contribution < -0.4 is 15.5 Å². The summed E-state index contributed by atoms with van der Waals surface area (Å²) in [5.41, 5.74) is 3.86. The topological polar surface area (TPSA) is 97.0 Å². The van der Waals surface area contributed by atoms with Crippen LogP contribution in [0.2, 0.25) is 5.15 Å². The molecule has 4 aromatic rings. The first-order chi connectivity index (χ1) is 15.5. The molecule has 0 bridgehead atoms. The van der Waals surface area contributed by atoms with Crippen LogP contribution in [-0.2, 0) is 0 Å². The van der Waals surface area contributed by atoms with E-state index in [1.807, 2.05) is 43.3 Å². The average Bonchev–Trinajstić information content (AvgIpc) is 3.56. The van der Waals surface area contributed by atoms with Crippen molar-refractivity contribution in [3.63, 3.8) is 0 Å². The molecule has 1 fully saturated rings. The Bertz CT molecular complexity index is 1380. The van der Waals surface area contributed by atoms with E-state index >= 15 is 0 Å². The molecule has 0 spiro atoms. The second-order valence-corrected chi connectivity index (χ2v) is 8.16. The summed E-state index contributed by atoms with van der Waals surface area (Å²) in [5.74, 6) is 0.0442. The Morgan fingerprint density at radius 2 is 1.88 bits per heavy atom. The first kappa shape index (κ1) is 20.2. The van der Waals surface area contributed by atoms with Gasteiger partial charge in [-0.1, -0.05) is 41.9 Å². The maximum atomic E-state index is 12.9. The summed E-state index contributed by atoms with van der Waals surface area (Å²) < 4.78 is 5.27. The van der Waals surface area contributed by atoms with Gasteiger partial charge in [0.15, 0.2) is 5.43 Å². The number of halogens is 1. The smallest absolute Gasteiger partial charge is 0.393 e. The van der Waals surface area contributed by atoms with Crippen LogP contribution in [0.4, 0.5) is 4.79 Å². The first-order valence-electron chi connectivity index (χ1n) is 10.2. The van der Waals surface area contributed by atoms with Crippen LogP contribution in [0.5, 0.6) is 5.88 Å². The normalized spacial score (nSPS) is 13.2. The average molecular weight is 447 g/mol. The summed E-state index contributed by atoms with van der Waals surface area (Å²) in [6, 6.07) is 16.5. The number of benzene rings is 1. The van der Waals surface area contributed by atoms with Crippen molar-refractivity contribution in [3.8, 4) is 28.3 Å². The fourth-order valence-electron chi connectivity index (χ4n) is 3.54. The minimum Gasteiger partial charge on any atom is -0.393 e. The molecule has 3 aromatic heterocycles. The van der Waals surface area contributed by atoms with Crippen LogP contribution in [-0.4, -0.2) is 27.1 Å². The molecule has 0 unspecified atom stereocenters. The molecule has 1 aliphatic rings. The zero-order chi connectivity index (χ0) is 22.2. The molecule has 32 heavy (non-hydrogen) atoms. The fraction of sp³-hybridized carbons (Fsp3) is 0.167. The van der Waals surface area contributed by atoms with Crippen molar-refractivity contribution in [3.05, 3.63) is 75.7 Å². The first-order valence-corrected chi connectivity index (χ1v) is 10.6. The van der Waals surface area contributed by atoms with Crippen molar-refractivity contribution in [2.45, 2.75) is 25.8 Å². The molecule has 1 saturated carbocycles. The van der Waals surface area contributed by atoms with E-state index in [1.54, 1.807) is 12.1 Å². The highest BCUT2D eigenvalue weighted by Crippen LogP contribution is 2.34. The lowest BCUT2D eigenvalue weighted by molar-refractivity contribution is 0.198. The molecule has 1 aliphatic carbocycles. The van der Waals surface area contributed by atoms with Gasteiger partial charge in [0.05, 0.1) is 11.1 Å². The highest BCUT2D eigenvalue weighted by Gasteiger charge is 2.24. The number of aryl methyl sites for hydroxylation is 1. The van der Waals surface area contributed by atoms with E-state index in [9.17, 15) is 9.59 Å². The molecular formula is C24H19ClN4O3. The predicted octanol–water partition coefficient (Wildman–Crippen LogP) is 4.86. The number of nitrogens with zero attached hydrogens (tertiary/aromatic N) is 2. The van der Waals surface area contributed by atoms with Gasteiger partial charge in [-0.15, -0.1) is 0 Å². The summed E-state index contributed by atoms with van der Waals surface area (Å²) in [4.78, 5) is 36.8. The van der Waals surface area contributed by atoms with E-state index in [4.69, 9.17) is 21.3 Å². The summed E-state index contributed by atoms with van der Waals surface area (Å²) in [7, 11) is 0. The minimum absolute atomic E-state index is 0.0442. The molecule has 0 atom stereocenters. The fourth-order valence-corrected chi connectivity index (χ4v) is 3.80. The van der Waals surface area contributed by atoms with E-state index in [0.29, 0.717) is 21.9 Å². The van der Waals surface area contributed by atoms with Gasteiger partial charge >= 0.3 is 6.09 Å². The third kappa shape index (κ3) is 4.20. The van der Waals surface area contributed by atoms with Crippen LogP contribution in [0.25, 0.3) is 33.4 Å². The lowest BCUT2D eigenvalue weighted by atomic mass is 9.98. The number of H-pyrrole nitrogens is 1. The lowest BCUT2D eigenvalue weighted by Gasteiger charge is -2.13. The summed E-state index contributed by atoms with van der Waals surface area (Å²) in [5, 5.41) is 3.46. The molecule has 3 heterocycles. The van der Waals surface area contributed by atoms with Crippen molar-refractivity contribution >= 4 is 28.7 Å². The number of hydrogen-bond donors (Lipinski definition) is 2. The van der Waals surface area contributed by atoms with Gasteiger partial charge < -0.3 is 15.0 Å². The number of carbonyl (C=O) groups excluding carboxylic acids is 1. The van der Waals surface area contributed by atoms with Crippen molar-refractivity contribution in [2.75, 3.05) is 0 Å². The SMILES string of the molecule is Cc1cc(-c2cc3c(=O)cc(OC(=O)NC4CC4)[nH]c3nc2-c2ccccc2)cc(Cl)n1. The van der Waals surface area contributed by atoms with Crippen LogP contribution >= 0.6 is 11.6 Å². The van der Waals surface area contributed by atoms with E-state index in [-0.39, 0.29) is 17.4 Å². The number of hydrogen-bond acceptors (Lipinski definition) is 5. The Morgan fingerprint density at radius 1 is 1.09 bits per heavy atom. The standard InChI is InChI=1S/C24H19ClN4O3/c1-13-9-15(10-20(25)26-13)17-11-18-19(30)12-21(32-24(31)27-16-7-8-16)28-23(18)29-22(17)14-5-3-2-4-6-14/h2-6,9-12,16H,7-8H2,1H3,(H,27,31)(H,28,29,30). The number of aromatic nitrogens is 3. The highest BCUT2D eigenvalue weighted by molar-refractivity contribution is 6.29. The van der Waals surface area contributed by atoms with Crippen molar-refractivity contribution in [1.82, 2.24) is 20.3 Å². The van der Waals surface area contributed by atoms with E-state index < -0.39 is 6.09 Å². The Morgan fingerprint density at radius 3 is 2.59 bits per heavy atom. The number of nitrogens with one attached hydrogen (secondary N) is 2. The van der Waals surface area contributed by atoms with Gasteiger partial charge in [-0.05, 0) is 43.5 Å². The second kappa shape index (κ2) is 8.09. The molecule has 8 heteroatoms. The number of ether oxygens (including phenoxy) is 1. The molecule has 160 valence electrons. The van der Waals surface area contributed by atoms with Crippen molar-refractivity contribution < 1.29 is 9.53 Å². The van der Waals surface area contributed by atoms with Gasteiger partial charge in [-0.2, -0.15) is 0 Å². The molecule has 0 radical (unpaired) electrons. The molecule has 2 N–H and O–H groups in total. The Labute approximate surface area is 188 Å². The Hall–Kier alpha value is -3.71. The third-order valence-corrected chi connectivity index (χ3v) is 5.37. The van der Waals surface area contributed by atoms with Crippen molar-refractivity contribution in [1.29, 1.82) is 0 Å². The number of rotatable bonds is 4. The summed E-state index contributed by atoms with van der Waals surface area (Å²) in [6.07, 6.45) is 1.28. The summed E-state index contributed by atoms with van der Waals surface area (Å²) in [6.45, 7) is 1.86. The Kier molecular flexibility index (Phi) is 5.11. The quantitative estimate of drug-likeness (QED) is 0.436. The minimum atomic E-state index is -0.593. The van der Waals surface area contributed by atoms with E-state index in [0.717, 1.165) is 35.2 Å². The largest absolute Gasteiger partial charge is 0.414 e.